The second-order valence-corrected chi connectivity index (χ2v) is 5.13. The van der Waals surface area contributed by atoms with Crippen molar-refractivity contribution in [1.82, 2.24) is 0 Å². The number of hydrogen-bond donors (Lipinski definition) is 1. The molecule has 6 heteroatoms. The van der Waals surface area contributed by atoms with E-state index < -0.39 is 0 Å². The van der Waals surface area contributed by atoms with Crippen molar-refractivity contribution < 1.29 is 43.1 Å². The molecule has 0 saturated heterocycles. The number of likely N-dealkylation sites (N-methyl/N-ethyl adjacent to an activating group) is 1. The molecule has 0 fully saturated rings. The van der Waals surface area contributed by atoms with Crippen LogP contribution >= 0.6 is 0 Å². The quantitative estimate of drug-likeness (QED) is 0.204. The van der Waals surface area contributed by atoms with Crippen LogP contribution in [-0.4, -0.2) is 41.1 Å². The van der Waals surface area contributed by atoms with Crippen molar-refractivity contribution in [3.05, 3.63) is 29.6 Å². The van der Waals surface area contributed by atoms with Crippen LogP contribution in [0.3, 0.4) is 0 Å². The Morgan fingerprint density at radius 3 is 2.63 bits per heavy atom. The molecule has 2 heterocycles. The summed E-state index contributed by atoms with van der Waals surface area (Å²) in [7, 11) is 3.91. The zero-order valence-electron chi connectivity index (χ0n) is 11.6. The Morgan fingerprint density at radius 1 is 1.42 bits per heavy atom. The molecule has 1 aromatic rings. The van der Waals surface area contributed by atoms with Gasteiger partial charge in [-0.3, -0.25) is 0 Å². The first-order chi connectivity index (χ1) is 8.47. The summed E-state index contributed by atoms with van der Waals surface area (Å²) in [6.45, 7) is 4.90. The molecule has 0 aliphatic carbocycles. The van der Waals surface area contributed by atoms with Crippen molar-refractivity contribution in [2.45, 2.75) is 19.4 Å². The number of aromatic nitrogens is 1. The van der Waals surface area contributed by atoms with Crippen LogP contribution in [-0.2, 0) is 11.8 Å². The molecule has 0 bridgehead atoms. The molecule has 0 atom stereocenters. The van der Waals surface area contributed by atoms with E-state index in [-0.39, 0.29) is 29.5 Å². The van der Waals surface area contributed by atoms with Gasteiger partial charge in [0, 0.05) is 19.9 Å². The highest BCUT2D eigenvalue weighted by Gasteiger charge is 2.42. The van der Waals surface area contributed by atoms with Gasteiger partial charge in [-0.15, -0.1) is 0 Å². The van der Waals surface area contributed by atoms with Gasteiger partial charge in [-0.2, -0.15) is 9.14 Å². The van der Waals surface area contributed by atoms with Crippen molar-refractivity contribution >= 4 is 12.1 Å². The molecule has 104 valence electrons. The lowest BCUT2D eigenvalue weighted by atomic mass is 10.1. The Balaban J connectivity index is 0.00000180. The standard InChI is InChI=1S/C13H18N3O2.HI/c1-13(2)9-18-12(16(13)4)10-6-5-7-15(3)11(10)8-14-17;/h5-8H,9H2,1-4H3;1H/q+1;. The second-order valence-electron chi connectivity index (χ2n) is 5.13. The largest absolute Gasteiger partial charge is 1.00 e. The van der Waals surface area contributed by atoms with Crippen LogP contribution < -0.4 is 28.5 Å². The minimum Gasteiger partial charge on any atom is -1.00 e. The van der Waals surface area contributed by atoms with E-state index >= 15 is 0 Å². The lowest BCUT2D eigenvalue weighted by Crippen LogP contribution is -3.00. The zero-order valence-corrected chi connectivity index (χ0v) is 13.7. The van der Waals surface area contributed by atoms with Gasteiger partial charge in [0.25, 0.3) is 0 Å². The molecular formula is C13H19IN3O2+. The molecule has 5 nitrogen and oxygen atoms in total. The number of nitrogens with zero attached hydrogens (tertiary/aromatic N) is 3. The summed E-state index contributed by atoms with van der Waals surface area (Å²) in [4.78, 5) is 0. The Morgan fingerprint density at radius 2 is 2.11 bits per heavy atom. The van der Waals surface area contributed by atoms with Gasteiger partial charge in [-0.05, 0) is 6.07 Å². The third-order valence-electron chi connectivity index (χ3n) is 3.41. The van der Waals surface area contributed by atoms with Crippen molar-refractivity contribution in [2.75, 3.05) is 13.7 Å². The molecule has 1 aliphatic heterocycles. The second kappa shape index (κ2) is 5.85. The van der Waals surface area contributed by atoms with Crippen LogP contribution in [0, 0.1) is 0 Å². The van der Waals surface area contributed by atoms with Crippen molar-refractivity contribution in [3.8, 4) is 0 Å². The van der Waals surface area contributed by atoms with Crippen LogP contribution in [0.5, 0.6) is 0 Å². The van der Waals surface area contributed by atoms with E-state index in [9.17, 15) is 0 Å². The van der Waals surface area contributed by atoms with Crippen molar-refractivity contribution in [1.29, 1.82) is 0 Å². The molecule has 2 rings (SSSR count). The summed E-state index contributed by atoms with van der Waals surface area (Å²) in [5, 5.41) is 11.9. The van der Waals surface area contributed by atoms with Crippen LogP contribution in [0.15, 0.2) is 23.5 Å². The fourth-order valence-electron chi connectivity index (χ4n) is 1.99. The van der Waals surface area contributed by atoms with Gasteiger partial charge < -0.3 is 33.9 Å². The highest BCUT2D eigenvalue weighted by Crippen LogP contribution is 2.19. The lowest BCUT2D eigenvalue weighted by molar-refractivity contribution is -0.672. The lowest BCUT2D eigenvalue weighted by Gasteiger charge is -2.09. The van der Waals surface area contributed by atoms with Crippen LogP contribution in [0.2, 0.25) is 0 Å². The summed E-state index contributed by atoms with van der Waals surface area (Å²) in [6.07, 6.45) is 3.33. The third kappa shape index (κ3) is 2.88. The molecule has 1 aromatic heterocycles. The van der Waals surface area contributed by atoms with E-state index in [2.05, 4.69) is 23.6 Å². The van der Waals surface area contributed by atoms with Gasteiger partial charge in [0.1, 0.15) is 20.3 Å². The third-order valence-corrected chi connectivity index (χ3v) is 3.41. The van der Waals surface area contributed by atoms with E-state index in [1.54, 1.807) is 0 Å². The Kier molecular flexibility index (Phi) is 4.89. The monoisotopic (exact) mass is 376 g/mol. The summed E-state index contributed by atoms with van der Waals surface area (Å²) in [6, 6.07) is 3.91. The van der Waals surface area contributed by atoms with E-state index in [4.69, 9.17) is 9.94 Å². The van der Waals surface area contributed by atoms with Crippen molar-refractivity contribution in [2.24, 2.45) is 12.2 Å². The SMILES string of the molecule is C[N+]1=C(c2ccc[n+](C)c2/C=N/O)OCC1(C)C.[I-]. The Bertz CT molecular complexity index is 539. The number of ether oxygens (including phenoxy) is 1. The highest BCUT2D eigenvalue weighted by molar-refractivity contribution is 5.98. The van der Waals surface area contributed by atoms with E-state index in [0.717, 1.165) is 17.2 Å². The maximum Gasteiger partial charge on any atom is 0.377 e. The van der Waals surface area contributed by atoms with Crippen LogP contribution in [0.25, 0.3) is 0 Å². The highest BCUT2D eigenvalue weighted by atomic mass is 127. The fourth-order valence-corrected chi connectivity index (χ4v) is 1.99. The number of pyridine rings is 1. The molecule has 19 heavy (non-hydrogen) atoms. The van der Waals surface area contributed by atoms with Crippen LogP contribution in [0.1, 0.15) is 25.1 Å². The molecule has 0 radical (unpaired) electrons. The normalized spacial score (nSPS) is 17.5. The minimum absolute atomic E-state index is 0. The number of hydrogen-bond acceptors (Lipinski definition) is 3. The van der Waals surface area contributed by atoms with E-state index in [0.29, 0.717) is 6.61 Å². The summed E-state index contributed by atoms with van der Waals surface area (Å²) < 4.78 is 9.80. The first-order valence-electron chi connectivity index (χ1n) is 5.87. The predicted octanol–water partition coefficient (Wildman–Crippen LogP) is -2.48. The number of aryl methyl sites for hydroxylation is 1. The average molecular weight is 376 g/mol. The van der Waals surface area contributed by atoms with Crippen LogP contribution in [0.4, 0.5) is 0 Å². The Labute approximate surface area is 130 Å². The summed E-state index contributed by atoms with van der Waals surface area (Å²) in [5.41, 5.74) is 1.70. The van der Waals surface area contributed by atoms with Gasteiger partial charge in [0.2, 0.25) is 5.69 Å². The topological polar surface area (TPSA) is 48.7 Å². The maximum absolute atomic E-state index is 8.77. The number of oxime groups is 1. The minimum atomic E-state index is -0.0304. The summed E-state index contributed by atoms with van der Waals surface area (Å²) in [5.74, 6) is 0.811. The molecular weight excluding hydrogens is 357 g/mol. The van der Waals surface area contributed by atoms with Gasteiger partial charge in [-0.25, -0.2) is 0 Å². The van der Waals surface area contributed by atoms with Gasteiger partial charge in [-0.1, -0.05) is 5.16 Å². The van der Waals surface area contributed by atoms with E-state index in [1.165, 1.54) is 6.21 Å². The maximum atomic E-state index is 8.77. The van der Waals surface area contributed by atoms with Crippen molar-refractivity contribution in [3.63, 3.8) is 0 Å². The average Bonchev–Trinajstić information content (AvgIpc) is 2.58. The number of halogens is 1. The fraction of sp³-hybridized carbons (Fsp3) is 0.462. The molecule has 0 saturated carbocycles. The van der Waals surface area contributed by atoms with Gasteiger partial charge in [0.05, 0.1) is 0 Å². The Hall–Kier alpha value is -1.18. The van der Waals surface area contributed by atoms with Gasteiger partial charge in [0.15, 0.2) is 23.9 Å². The molecule has 0 aromatic carbocycles. The molecule has 0 unspecified atom stereocenters. The molecule has 0 amide bonds. The number of rotatable bonds is 2. The predicted molar refractivity (Wildman–Crippen MR) is 67.3 cm³/mol. The summed E-state index contributed by atoms with van der Waals surface area (Å²) >= 11 is 0. The first-order valence-corrected chi connectivity index (χ1v) is 5.87. The zero-order chi connectivity index (χ0) is 13.3. The first kappa shape index (κ1) is 15.9. The smallest absolute Gasteiger partial charge is 0.377 e. The molecule has 0 spiro atoms. The molecule has 1 aliphatic rings. The molecule has 1 N–H and O–H groups in total. The van der Waals surface area contributed by atoms with Gasteiger partial charge >= 0.3 is 5.90 Å². The van der Waals surface area contributed by atoms with E-state index in [1.807, 2.05) is 37.0 Å².